The molecule has 0 radical (unpaired) electrons. The normalized spacial score (nSPS) is 12.3. The van der Waals surface area contributed by atoms with E-state index in [1.807, 2.05) is 42.5 Å². The lowest BCUT2D eigenvalue weighted by atomic mass is 10.1. The Morgan fingerprint density at radius 2 is 2.00 bits per heavy atom. The number of carbonyl (C=O) groups excluding carboxylic acids is 1. The molecular formula is C16H15ClN2O2. The molecule has 0 aliphatic heterocycles. The fourth-order valence-electron chi connectivity index (χ4n) is 1.84. The Balaban J connectivity index is 2.00. The van der Waals surface area contributed by atoms with E-state index in [0.29, 0.717) is 5.02 Å². The number of hydrogen-bond acceptors (Lipinski definition) is 3. The monoisotopic (exact) mass is 302 g/mol. The van der Waals surface area contributed by atoms with Crippen LogP contribution in [0.3, 0.4) is 0 Å². The maximum absolute atomic E-state index is 12.1. The minimum Gasteiger partial charge on any atom is -0.367 e. The van der Waals surface area contributed by atoms with Gasteiger partial charge in [0.2, 0.25) is 0 Å². The zero-order chi connectivity index (χ0) is 15.1. The molecular weight excluding hydrogens is 288 g/mol. The average Bonchev–Trinajstić information content (AvgIpc) is 2.49. The van der Waals surface area contributed by atoms with Gasteiger partial charge in [0.25, 0.3) is 5.91 Å². The first-order chi connectivity index (χ1) is 10.2. The molecule has 0 fully saturated rings. The van der Waals surface area contributed by atoms with Gasteiger partial charge in [-0.1, -0.05) is 54.1 Å². The molecule has 1 amide bonds. The molecule has 0 saturated carbocycles. The Hall–Kier alpha value is -2.17. The van der Waals surface area contributed by atoms with E-state index >= 15 is 0 Å². The molecule has 4 nitrogen and oxygen atoms in total. The van der Waals surface area contributed by atoms with E-state index in [-0.39, 0.29) is 5.91 Å². The standard InChI is InChI=1S/C16H15ClN2O2/c1-21-15(13-7-3-2-4-8-13)16(20)19-18-11-12-6-5-9-14(17)10-12/h2-11,15H,1H3,(H,19,20)/b18-11-/t15-/m0/s1. The largest absolute Gasteiger partial charge is 0.367 e. The van der Waals surface area contributed by atoms with E-state index in [9.17, 15) is 4.79 Å². The van der Waals surface area contributed by atoms with E-state index < -0.39 is 6.10 Å². The van der Waals surface area contributed by atoms with Gasteiger partial charge in [0.05, 0.1) is 6.21 Å². The highest BCUT2D eigenvalue weighted by molar-refractivity contribution is 6.30. The van der Waals surface area contributed by atoms with Crippen LogP contribution in [-0.2, 0) is 9.53 Å². The van der Waals surface area contributed by atoms with Crippen molar-refractivity contribution in [3.8, 4) is 0 Å². The van der Waals surface area contributed by atoms with Crippen molar-refractivity contribution in [1.29, 1.82) is 0 Å². The zero-order valence-electron chi connectivity index (χ0n) is 11.5. The van der Waals surface area contributed by atoms with Crippen molar-refractivity contribution in [2.75, 3.05) is 7.11 Å². The summed E-state index contributed by atoms with van der Waals surface area (Å²) in [5.41, 5.74) is 4.04. The molecule has 0 unspecified atom stereocenters. The summed E-state index contributed by atoms with van der Waals surface area (Å²) in [5, 5.41) is 4.53. The number of rotatable bonds is 5. The van der Waals surface area contributed by atoms with Gasteiger partial charge < -0.3 is 4.74 Å². The molecule has 0 heterocycles. The highest BCUT2D eigenvalue weighted by Crippen LogP contribution is 2.16. The summed E-state index contributed by atoms with van der Waals surface area (Å²) in [6.07, 6.45) is 0.837. The van der Waals surface area contributed by atoms with Crippen LogP contribution in [0.1, 0.15) is 17.2 Å². The van der Waals surface area contributed by atoms with Gasteiger partial charge in [-0.3, -0.25) is 4.79 Å². The lowest BCUT2D eigenvalue weighted by molar-refractivity contribution is -0.131. The van der Waals surface area contributed by atoms with Crippen molar-refractivity contribution in [1.82, 2.24) is 5.43 Å². The number of ether oxygens (including phenoxy) is 1. The van der Waals surface area contributed by atoms with Crippen LogP contribution < -0.4 is 5.43 Å². The second kappa shape index (κ2) is 7.57. The van der Waals surface area contributed by atoms with E-state index in [0.717, 1.165) is 11.1 Å². The summed E-state index contributed by atoms with van der Waals surface area (Å²) in [5.74, 6) is -0.332. The Morgan fingerprint density at radius 1 is 1.24 bits per heavy atom. The van der Waals surface area contributed by atoms with E-state index in [2.05, 4.69) is 10.5 Å². The van der Waals surface area contributed by atoms with Crippen LogP contribution >= 0.6 is 11.6 Å². The molecule has 21 heavy (non-hydrogen) atoms. The van der Waals surface area contributed by atoms with Crippen molar-refractivity contribution >= 4 is 23.7 Å². The number of methoxy groups -OCH3 is 1. The molecule has 2 aromatic carbocycles. The molecule has 2 rings (SSSR count). The van der Waals surface area contributed by atoms with Crippen LogP contribution in [0.4, 0.5) is 0 Å². The minimum atomic E-state index is -0.692. The van der Waals surface area contributed by atoms with Gasteiger partial charge in [-0.2, -0.15) is 5.10 Å². The van der Waals surface area contributed by atoms with Crippen LogP contribution in [0.5, 0.6) is 0 Å². The number of benzene rings is 2. The predicted molar refractivity (Wildman–Crippen MR) is 83.4 cm³/mol. The van der Waals surface area contributed by atoms with E-state index in [1.165, 1.54) is 13.3 Å². The van der Waals surface area contributed by atoms with Gasteiger partial charge in [0, 0.05) is 12.1 Å². The number of hydrogen-bond donors (Lipinski definition) is 1. The van der Waals surface area contributed by atoms with Gasteiger partial charge in [0.15, 0.2) is 6.10 Å². The summed E-state index contributed by atoms with van der Waals surface area (Å²) in [6, 6.07) is 16.4. The molecule has 0 saturated heterocycles. The molecule has 0 aromatic heterocycles. The molecule has 0 spiro atoms. The number of nitrogens with one attached hydrogen (secondary N) is 1. The number of carbonyl (C=O) groups is 1. The molecule has 2 aromatic rings. The predicted octanol–water partition coefficient (Wildman–Crippen LogP) is 3.18. The quantitative estimate of drug-likeness (QED) is 0.681. The number of nitrogens with zero attached hydrogens (tertiary/aromatic N) is 1. The lowest BCUT2D eigenvalue weighted by Gasteiger charge is -2.13. The molecule has 1 N–H and O–H groups in total. The highest BCUT2D eigenvalue weighted by atomic mass is 35.5. The Morgan fingerprint density at radius 3 is 2.67 bits per heavy atom. The fourth-order valence-corrected chi connectivity index (χ4v) is 2.04. The van der Waals surface area contributed by atoms with Crippen molar-refractivity contribution < 1.29 is 9.53 Å². The second-order valence-electron chi connectivity index (χ2n) is 4.32. The Kier molecular flexibility index (Phi) is 5.49. The first-order valence-corrected chi connectivity index (χ1v) is 6.74. The van der Waals surface area contributed by atoms with Crippen LogP contribution in [0.2, 0.25) is 5.02 Å². The molecule has 108 valence electrons. The highest BCUT2D eigenvalue weighted by Gasteiger charge is 2.18. The van der Waals surface area contributed by atoms with Gasteiger partial charge in [0.1, 0.15) is 0 Å². The van der Waals surface area contributed by atoms with Crippen LogP contribution in [0.15, 0.2) is 59.7 Å². The van der Waals surface area contributed by atoms with E-state index in [4.69, 9.17) is 16.3 Å². The first kappa shape index (κ1) is 15.2. The molecule has 0 bridgehead atoms. The molecule has 1 atom stereocenters. The lowest BCUT2D eigenvalue weighted by Crippen LogP contribution is -2.26. The summed E-state index contributed by atoms with van der Waals surface area (Å²) in [6.45, 7) is 0. The maximum atomic E-state index is 12.1. The van der Waals surface area contributed by atoms with Gasteiger partial charge in [-0.15, -0.1) is 0 Å². The average molecular weight is 303 g/mol. The van der Waals surface area contributed by atoms with Crippen molar-refractivity contribution in [3.63, 3.8) is 0 Å². The maximum Gasteiger partial charge on any atom is 0.273 e. The van der Waals surface area contributed by atoms with Crippen LogP contribution in [0, 0.1) is 0 Å². The first-order valence-electron chi connectivity index (χ1n) is 6.37. The molecule has 0 aliphatic rings. The summed E-state index contributed by atoms with van der Waals surface area (Å²) < 4.78 is 5.21. The van der Waals surface area contributed by atoms with Crippen molar-refractivity contribution in [2.45, 2.75) is 6.10 Å². The topological polar surface area (TPSA) is 50.7 Å². The number of hydrazone groups is 1. The SMILES string of the molecule is CO[C@H](C(=O)N/N=C\c1cccc(Cl)c1)c1ccccc1. The van der Waals surface area contributed by atoms with Gasteiger partial charge >= 0.3 is 0 Å². The summed E-state index contributed by atoms with van der Waals surface area (Å²) >= 11 is 5.87. The van der Waals surface area contributed by atoms with E-state index in [1.54, 1.807) is 12.1 Å². The third-order valence-electron chi connectivity index (χ3n) is 2.81. The summed E-state index contributed by atoms with van der Waals surface area (Å²) in [7, 11) is 1.48. The zero-order valence-corrected chi connectivity index (χ0v) is 12.2. The number of halogens is 1. The van der Waals surface area contributed by atoms with Crippen LogP contribution in [-0.4, -0.2) is 19.2 Å². The van der Waals surface area contributed by atoms with Crippen molar-refractivity contribution in [3.05, 3.63) is 70.7 Å². The van der Waals surface area contributed by atoms with Gasteiger partial charge in [-0.25, -0.2) is 5.43 Å². The Bertz CT molecular complexity index is 629. The minimum absolute atomic E-state index is 0.332. The smallest absolute Gasteiger partial charge is 0.273 e. The van der Waals surface area contributed by atoms with Crippen LogP contribution in [0.25, 0.3) is 0 Å². The third kappa shape index (κ3) is 4.41. The van der Waals surface area contributed by atoms with Crippen molar-refractivity contribution in [2.24, 2.45) is 5.10 Å². The Labute approximate surface area is 128 Å². The fraction of sp³-hybridized carbons (Fsp3) is 0.125. The third-order valence-corrected chi connectivity index (χ3v) is 3.05. The molecule has 0 aliphatic carbocycles. The second-order valence-corrected chi connectivity index (χ2v) is 4.75. The molecule has 5 heteroatoms. The summed E-state index contributed by atoms with van der Waals surface area (Å²) in [4.78, 5) is 12.1. The number of amides is 1. The van der Waals surface area contributed by atoms with Gasteiger partial charge in [-0.05, 0) is 23.3 Å².